The molecule has 0 radical (unpaired) electrons. The maximum atomic E-state index is 5.57. The molecule has 1 N–H and O–H groups in total. The van der Waals surface area contributed by atoms with Crippen molar-refractivity contribution in [3.63, 3.8) is 0 Å². The summed E-state index contributed by atoms with van der Waals surface area (Å²) in [6.45, 7) is 5.41. The van der Waals surface area contributed by atoms with Gasteiger partial charge in [-0.1, -0.05) is 18.2 Å². The lowest BCUT2D eigenvalue weighted by Crippen LogP contribution is -2.18. The summed E-state index contributed by atoms with van der Waals surface area (Å²) >= 11 is 0. The van der Waals surface area contributed by atoms with Crippen LogP contribution in [0.1, 0.15) is 31.0 Å². The molecule has 0 bridgehead atoms. The zero-order valence-electron chi connectivity index (χ0n) is 15.6. The van der Waals surface area contributed by atoms with E-state index in [0.29, 0.717) is 30.4 Å². The first kappa shape index (κ1) is 18.9. The van der Waals surface area contributed by atoms with E-state index >= 15 is 0 Å². The highest BCUT2D eigenvalue weighted by atomic mass is 16.5. The van der Waals surface area contributed by atoms with Gasteiger partial charge in [0.15, 0.2) is 11.5 Å². The molecular weight excluding hydrogens is 318 g/mol. The normalized spacial score (nSPS) is 11.7. The van der Waals surface area contributed by atoms with E-state index in [1.165, 1.54) is 5.56 Å². The first-order chi connectivity index (χ1) is 12.1. The van der Waals surface area contributed by atoms with Gasteiger partial charge in [-0.25, -0.2) is 0 Å². The van der Waals surface area contributed by atoms with Gasteiger partial charge in [0, 0.05) is 18.2 Å². The zero-order valence-corrected chi connectivity index (χ0v) is 15.6. The van der Waals surface area contributed by atoms with Crippen LogP contribution in [0.15, 0.2) is 36.4 Å². The highest BCUT2D eigenvalue weighted by molar-refractivity contribution is 5.55. The van der Waals surface area contributed by atoms with Crippen LogP contribution in [0.4, 0.5) is 0 Å². The summed E-state index contributed by atoms with van der Waals surface area (Å²) < 4.78 is 21.9. The minimum absolute atomic E-state index is 0.165. The molecule has 0 heterocycles. The van der Waals surface area contributed by atoms with Gasteiger partial charge in [0.25, 0.3) is 0 Å². The Bertz CT molecular complexity index is 687. The summed E-state index contributed by atoms with van der Waals surface area (Å²) in [5.41, 5.74) is 2.18. The van der Waals surface area contributed by atoms with Gasteiger partial charge in [0.2, 0.25) is 5.75 Å². The standard InChI is InChI=1S/C20H27NO4/c1-6-25-17-9-7-8-15(12-17)14(2)21-13-16-10-11-18(22-3)20(24-5)19(16)23-4/h7-12,14,21H,6,13H2,1-5H3/t14-/m1/s1. The Kier molecular flexibility index (Phi) is 6.95. The van der Waals surface area contributed by atoms with E-state index in [1.807, 2.05) is 31.2 Å². The predicted octanol–water partition coefficient (Wildman–Crippen LogP) is 3.96. The molecule has 5 heteroatoms. The summed E-state index contributed by atoms with van der Waals surface area (Å²) in [6.07, 6.45) is 0. The lowest BCUT2D eigenvalue weighted by Gasteiger charge is -2.19. The molecule has 136 valence electrons. The van der Waals surface area contributed by atoms with Crippen LogP contribution < -0.4 is 24.3 Å². The second kappa shape index (κ2) is 9.18. The lowest BCUT2D eigenvalue weighted by molar-refractivity contribution is 0.321. The summed E-state index contributed by atoms with van der Waals surface area (Å²) in [5.74, 6) is 2.83. The van der Waals surface area contributed by atoms with Crippen LogP contribution in [-0.2, 0) is 6.54 Å². The van der Waals surface area contributed by atoms with Crippen molar-refractivity contribution in [2.75, 3.05) is 27.9 Å². The van der Waals surface area contributed by atoms with E-state index in [-0.39, 0.29) is 6.04 Å². The molecule has 0 aliphatic rings. The summed E-state index contributed by atoms with van der Waals surface area (Å²) in [6, 6.07) is 12.2. The molecule has 0 aromatic heterocycles. The largest absolute Gasteiger partial charge is 0.494 e. The van der Waals surface area contributed by atoms with Crippen molar-refractivity contribution in [2.45, 2.75) is 26.4 Å². The fourth-order valence-corrected chi connectivity index (χ4v) is 2.72. The third-order valence-electron chi connectivity index (χ3n) is 4.05. The van der Waals surface area contributed by atoms with Crippen LogP contribution in [0.3, 0.4) is 0 Å². The fourth-order valence-electron chi connectivity index (χ4n) is 2.72. The minimum atomic E-state index is 0.165. The molecule has 0 saturated heterocycles. The fraction of sp³-hybridized carbons (Fsp3) is 0.400. The molecule has 25 heavy (non-hydrogen) atoms. The lowest BCUT2D eigenvalue weighted by atomic mass is 10.1. The van der Waals surface area contributed by atoms with E-state index in [4.69, 9.17) is 18.9 Å². The second-order valence-corrected chi connectivity index (χ2v) is 5.60. The smallest absolute Gasteiger partial charge is 0.203 e. The van der Waals surface area contributed by atoms with Crippen molar-refractivity contribution < 1.29 is 18.9 Å². The van der Waals surface area contributed by atoms with Gasteiger partial charge in [-0.3, -0.25) is 0 Å². The van der Waals surface area contributed by atoms with Gasteiger partial charge >= 0.3 is 0 Å². The maximum absolute atomic E-state index is 5.57. The van der Waals surface area contributed by atoms with Gasteiger partial charge < -0.3 is 24.3 Å². The van der Waals surface area contributed by atoms with Crippen molar-refractivity contribution in [3.8, 4) is 23.0 Å². The quantitative estimate of drug-likeness (QED) is 0.745. The molecule has 1 atom stereocenters. The Hall–Kier alpha value is -2.40. The van der Waals surface area contributed by atoms with Crippen LogP contribution in [0.25, 0.3) is 0 Å². The molecule has 2 rings (SSSR count). The highest BCUT2D eigenvalue weighted by Gasteiger charge is 2.16. The Balaban J connectivity index is 2.14. The minimum Gasteiger partial charge on any atom is -0.494 e. The predicted molar refractivity (Wildman–Crippen MR) is 99.0 cm³/mol. The van der Waals surface area contributed by atoms with Gasteiger partial charge in [0.1, 0.15) is 5.75 Å². The maximum Gasteiger partial charge on any atom is 0.203 e. The summed E-state index contributed by atoms with van der Waals surface area (Å²) in [4.78, 5) is 0. The number of benzene rings is 2. The van der Waals surface area contributed by atoms with E-state index in [2.05, 4.69) is 24.4 Å². The molecule has 2 aromatic rings. The van der Waals surface area contributed by atoms with Gasteiger partial charge in [-0.15, -0.1) is 0 Å². The third-order valence-corrected chi connectivity index (χ3v) is 4.05. The molecule has 0 aliphatic heterocycles. The summed E-state index contributed by atoms with van der Waals surface area (Å²) in [7, 11) is 4.86. The molecule has 0 fully saturated rings. The molecule has 0 amide bonds. The van der Waals surface area contributed by atoms with Crippen LogP contribution in [0, 0.1) is 0 Å². The average Bonchev–Trinajstić information content (AvgIpc) is 2.65. The average molecular weight is 345 g/mol. The topological polar surface area (TPSA) is 49.0 Å². The number of nitrogens with one attached hydrogen (secondary N) is 1. The Morgan fingerprint density at radius 3 is 2.36 bits per heavy atom. The molecule has 0 spiro atoms. The van der Waals surface area contributed by atoms with E-state index < -0.39 is 0 Å². The molecule has 0 aliphatic carbocycles. The molecule has 0 unspecified atom stereocenters. The number of rotatable bonds is 9. The Labute approximate surface area is 149 Å². The van der Waals surface area contributed by atoms with Gasteiger partial charge in [-0.05, 0) is 37.6 Å². The number of methoxy groups -OCH3 is 3. The van der Waals surface area contributed by atoms with Crippen molar-refractivity contribution in [2.24, 2.45) is 0 Å². The van der Waals surface area contributed by atoms with Crippen molar-refractivity contribution in [1.29, 1.82) is 0 Å². The van der Waals surface area contributed by atoms with Crippen LogP contribution >= 0.6 is 0 Å². The summed E-state index contributed by atoms with van der Waals surface area (Å²) in [5, 5.41) is 3.52. The van der Waals surface area contributed by atoms with Crippen LogP contribution in [0.2, 0.25) is 0 Å². The van der Waals surface area contributed by atoms with Crippen molar-refractivity contribution in [1.82, 2.24) is 5.32 Å². The number of hydrogen-bond acceptors (Lipinski definition) is 5. The van der Waals surface area contributed by atoms with Crippen LogP contribution in [-0.4, -0.2) is 27.9 Å². The first-order valence-corrected chi connectivity index (χ1v) is 8.38. The monoisotopic (exact) mass is 345 g/mol. The van der Waals surface area contributed by atoms with E-state index in [0.717, 1.165) is 11.3 Å². The molecule has 2 aromatic carbocycles. The van der Waals surface area contributed by atoms with Gasteiger partial charge in [0.05, 0.1) is 27.9 Å². The zero-order chi connectivity index (χ0) is 18.2. The highest BCUT2D eigenvalue weighted by Crippen LogP contribution is 2.39. The number of ether oxygens (including phenoxy) is 4. The third kappa shape index (κ3) is 4.57. The van der Waals surface area contributed by atoms with Gasteiger partial charge in [-0.2, -0.15) is 0 Å². The van der Waals surface area contributed by atoms with E-state index in [9.17, 15) is 0 Å². The first-order valence-electron chi connectivity index (χ1n) is 8.38. The second-order valence-electron chi connectivity index (χ2n) is 5.60. The Morgan fingerprint density at radius 1 is 0.960 bits per heavy atom. The van der Waals surface area contributed by atoms with Crippen molar-refractivity contribution in [3.05, 3.63) is 47.5 Å². The molecular formula is C20H27NO4. The Morgan fingerprint density at radius 2 is 1.72 bits per heavy atom. The molecule has 5 nitrogen and oxygen atoms in total. The van der Waals surface area contributed by atoms with E-state index in [1.54, 1.807) is 21.3 Å². The molecule has 0 saturated carbocycles. The number of hydrogen-bond donors (Lipinski definition) is 1. The van der Waals surface area contributed by atoms with Crippen LogP contribution in [0.5, 0.6) is 23.0 Å². The SMILES string of the molecule is CCOc1cccc([C@@H](C)NCc2ccc(OC)c(OC)c2OC)c1. The van der Waals surface area contributed by atoms with Crippen molar-refractivity contribution >= 4 is 0 Å².